The summed E-state index contributed by atoms with van der Waals surface area (Å²) in [4.78, 5) is 5.14. The van der Waals surface area contributed by atoms with E-state index in [1.165, 1.54) is 0 Å². The highest BCUT2D eigenvalue weighted by molar-refractivity contribution is 9.09. The maximum absolute atomic E-state index is 12.8. The van der Waals surface area contributed by atoms with Crippen LogP contribution in [0.15, 0.2) is 58.4 Å². The van der Waals surface area contributed by atoms with Crippen molar-refractivity contribution >= 4 is 31.9 Å². The van der Waals surface area contributed by atoms with Crippen LogP contribution < -0.4 is 4.72 Å². The number of rotatable bonds is 10. The molecule has 1 heterocycles. The number of halogens is 1. The van der Waals surface area contributed by atoms with Crippen LogP contribution in [0.3, 0.4) is 0 Å². The molecule has 0 aromatic heterocycles. The largest absolute Gasteiger partial charge is 0.478 e. The molecule has 3 rings (SSSR count). The summed E-state index contributed by atoms with van der Waals surface area (Å²) in [5.41, 5.74) is 2.36. The molecule has 0 saturated heterocycles. The molecule has 0 aliphatic carbocycles. The number of alkyl halides is 1. The summed E-state index contributed by atoms with van der Waals surface area (Å²) in [5, 5.41) is 0.994. The molecular weight excluding hydrogens is 464 g/mol. The van der Waals surface area contributed by atoms with Gasteiger partial charge in [0, 0.05) is 18.3 Å². The number of hydrogen-bond acceptors (Lipinski definition) is 4. The van der Waals surface area contributed by atoms with Crippen molar-refractivity contribution in [3.8, 4) is 0 Å². The molecule has 30 heavy (non-hydrogen) atoms. The number of aliphatic imine (C=N–C) groups is 1. The van der Waals surface area contributed by atoms with Gasteiger partial charge in [-0.15, -0.1) is 0 Å². The zero-order chi connectivity index (χ0) is 21.6. The van der Waals surface area contributed by atoms with E-state index in [-0.39, 0.29) is 11.4 Å². The van der Waals surface area contributed by atoms with Gasteiger partial charge in [-0.3, -0.25) is 0 Å². The van der Waals surface area contributed by atoms with Crippen LogP contribution in [-0.2, 0) is 20.3 Å². The zero-order valence-electron chi connectivity index (χ0n) is 17.5. The Labute approximate surface area is 188 Å². The molecule has 0 unspecified atom stereocenters. The zero-order valence-corrected chi connectivity index (χ0v) is 19.9. The summed E-state index contributed by atoms with van der Waals surface area (Å²) in [6.45, 7) is 4.44. The first kappa shape index (κ1) is 23.0. The number of ether oxygens (including phenoxy) is 1. The molecule has 0 fully saturated rings. The van der Waals surface area contributed by atoms with Gasteiger partial charge in [0.2, 0.25) is 10.0 Å². The van der Waals surface area contributed by atoms with Crippen molar-refractivity contribution < 1.29 is 13.2 Å². The van der Waals surface area contributed by atoms with E-state index in [1.54, 1.807) is 24.3 Å². The van der Waals surface area contributed by atoms with Gasteiger partial charge in [0.05, 0.1) is 4.90 Å². The summed E-state index contributed by atoms with van der Waals surface area (Å²) in [6, 6.07) is 14.9. The molecule has 2 aromatic carbocycles. The number of nitrogens with one attached hydrogen (secondary N) is 1. The second-order valence-electron chi connectivity index (χ2n) is 7.83. The lowest BCUT2D eigenvalue weighted by molar-refractivity contribution is 0.252. The third kappa shape index (κ3) is 5.71. The lowest BCUT2D eigenvalue weighted by atomic mass is 9.91. The van der Waals surface area contributed by atoms with Crippen molar-refractivity contribution in [3.05, 3.63) is 65.2 Å². The molecule has 0 radical (unpaired) electrons. The summed E-state index contributed by atoms with van der Waals surface area (Å²) >= 11 is 3.45. The first-order chi connectivity index (χ1) is 14.3. The SMILES string of the molecule is Cc1ccc([C@@]2(CNS(=O)(=O)c3ccc(C)cc3)COC(CCCCCBr)=N2)cc1. The number of unbranched alkanes of at least 4 members (excludes halogenated alkanes) is 2. The van der Waals surface area contributed by atoms with E-state index in [9.17, 15) is 8.42 Å². The van der Waals surface area contributed by atoms with Gasteiger partial charge in [0.25, 0.3) is 0 Å². The molecule has 0 amide bonds. The molecule has 2 aromatic rings. The second-order valence-corrected chi connectivity index (χ2v) is 10.4. The summed E-state index contributed by atoms with van der Waals surface area (Å²) < 4.78 is 34.4. The highest BCUT2D eigenvalue weighted by atomic mass is 79.9. The Morgan fingerprint density at radius 3 is 2.27 bits per heavy atom. The van der Waals surface area contributed by atoms with E-state index in [1.807, 2.05) is 38.1 Å². The Morgan fingerprint density at radius 2 is 1.63 bits per heavy atom. The maximum Gasteiger partial charge on any atom is 0.240 e. The van der Waals surface area contributed by atoms with Crippen LogP contribution in [-0.4, -0.2) is 32.8 Å². The molecule has 1 aliphatic rings. The molecule has 7 heteroatoms. The number of benzene rings is 2. The molecule has 0 spiro atoms. The van der Waals surface area contributed by atoms with E-state index in [2.05, 4.69) is 20.7 Å². The minimum absolute atomic E-state index is 0.150. The number of nitrogens with zero attached hydrogens (tertiary/aromatic N) is 1. The predicted octanol–water partition coefficient (Wildman–Crippen LogP) is 4.86. The van der Waals surface area contributed by atoms with Crippen LogP contribution in [0.2, 0.25) is 0 Å². The Morgan fingerprint density at radius 1 is 1.00 bits per heavy atom. The van der Waals surface area contributed by atoms with Gasteiger partial charge >= 0.3 is 0 Å². The Hall–Kier alpha value is -1.70. The third-order valence-corrected chi connectivity index (χ3v) is 7.29. The fraction of sp³-hybridized carbons (Fsp3) is 0.435. The van der Waals surface area contributed by atoms with Gasteiger partial charge in [-0.05, 0) is 44.4 Å². The molecule has 1 atom stereocenters. The minimum atomic E-state index is -3.64. The van der Waals surface area contributed by atoms with Gasteiger partial charge in [0.15, 0.2) is 5.90 Å². The van der Waals surface area contributed by atoms with Crippen LogP contribution in [0.25, 0.3) is 0 Å². The molecule has 0 bridgehead atoms. The smallest absolute Gasteiger partial charge is 0.240 e. The molecule has 0 saturated carbocycles. The number of sulfonamides is 1. The third-order valence-electron chi connectivity index (χ3n) is 5.32. The fourth-order valence-electron chi connectivity index (χ4n) is 3.40. The average molecular weight is 493 g/mol. The van der Waals surface area contributed by atoms with E-state index in [0.29, 0.717) is 12.5 Å². The second kappa shape index (κ2) is 10.1. The summed E-state index contributed by atoms with van der Waals surface area (Å²) in [7, 11) is -3.64. The van der Waals surface area contributed by atoms with E-state index >= 15 is 0 Å². The number of aryl methyl sites for hydroxylation is 2. The normalized spacial score (nSPS) is 18.8. The van der Waals surface area contributed by atoms with Crippen LogP contribution in [0.5, 0.6) is 0 Å². The highest BCUT2D eigenvalue weighted by Gasteiger charge is 2.39. The molecule has 5 nitrogen and oxygen atoms in total. The van der Waals surface area contributed by atoms with Crippen molar-refractivity contribution in [1.82, 2.24) is 4.72 Å². The van der Waals surface area contributed by atoms with Crippen LogP contribution in [0.4, 0.5) is 0 Å². The van der Waals surface area contributed by atoms with Gasteiger partial charge in [-0.1, -0.05) is 69.9 Å². The van der Waals surface area contributed by atoms with Crippen molar-refractivity contribution in [2.75, 3.05) is 18.5 Å². The summed E-state index contributed by atoms with van der Waals surface area (Å²) in [6.07, 6.45) is 3.99. The molecular formula is C23H29BrN2O3S. The van der Waals surface area contributed by atoms with Crippen molar-refractivity contribution in [3.63, 3.8) is 0 Å². The lowest BCUT2D eigenvalue weighted by Crippen LogP contribution is -2.40. The highest BCUT2D eigenvalue weighted by Crippen LogP contribution is 2.32. The number of hydrogen-bond donors (Lipinski definition) is 1. The predicted molar refractivity (Wildman–Crippen MR) is 125 cm³/mol. The average Bonchev–Trinajstić information content (AvgIpc) is 3.15. The van der Waals surface area contributed by atoms with Crippen LogP contribution in [0.1, 0.15) is 42.4 Å². The van der Waals surface area contributed by atoms with Crippen molar-refractivity contribution in [2.24, 2.45) is 4.99 Å². The van der Waals surface area contributed by atoms with Gasteiger partial charge in [0.1, 0.15) is 12.1 Å². The monoisotopic (exact) mass is 492 g/mol. The van der Waals surface area contributed by atoms with Crippen LogP contribution >= 0.6 is 15.9 Å². The minimum Gasteiger partial charge on any atom is -0.478 e. The van der Waals surface area contributed by atoms with Crippen LogP contribution in [0, 0.1) is 13.8 Å². The first-order valence-electron chi connectivity index (χ1n) is 10.3. The van der Waals surface area contributed by atoms with E-state index in [4.69, 9.17) is 9.73 Å². The fourth-order valence-corrected chi connectivity index (χ4v) is 4.89. The van der Waals surface area contributed by atoms with Gasteiger partial charge in [-0.25, -0.2) is 18.1 Å². The Bertz CT molecular complexity index is 973. The van der Waals surface area contributed by atoms with E-state index < -0.39 is 15.6 Å². The Kier molecular flexibility index (Phi) is 7.71. The first-order valence-corrected chi connectivity index (χ1v) is 12.9. The van der Waals surface area contributed by atoms with Crippen molar-refractivity contribution in [2.45, 2.75) is 50.0 Å². The maximum atomic E-state index is 12.8. The topological polar surface area (TPSA) is 67.8 Å². The molecule has 162 valence electrons. The summed E-state index contributed by atoms with van der Waals surface area (Å²) in [5.74, 6) is 0.708. The Balaban J connectivity index is 1.81. The lowest BCUT2D eigenvalue weighted by Gasteiger charge is -2.25. The van der Waals surface area contributed by atoms with E-state index in [0.717, 1.165) is 47.7 Å². The van der Waals surface area contributed by atoms with Crippen molar-refractivity contribution in [1.29, 1.82) is 0 Å². The molecule has 1 aliphatic heterocycles. The molecule has 1 N–H and O–H groups in total. The van der Waals surface area contributed by atoms with Gasteiger partial charge < -0.3 is 4.74 Å². The quantitative estimate of drug-likeness (QED) is 0.380. The van der Waals surface area contributed by atoms with Gasteiger partial charge in [-0.2, -0.15) is 0 Å². The standard InChI is InChI=1S/C23H29BrN2O3S/c1-18-7-11-20(12-8-18)23(17-29-22(26-23)6-4-3-5-15-24)16-25-30(27,28)21-13-9-19(2)10-14-21/h7-14,25H,3-6,15-17H2,1-2H3/t23-/m1/s1.